The third kappa shape index (κ3) is 2.53. The lowest BCUT2D eigenvalue weighted by Crippen LogP contribution is -2.04. The first-order valence-electron chi connectivity index (χ1n) is 9.36. The molecular formula is C25H22. The fourth-order valence-electron chi connectivity index (χ4n) is 4.36. The Morgan fingerprint density at radius 3 is 2.92 bits per heavy atom. The van der Waals surface area contributed by atoms with E-state index >= 15 is 0 Å². The quantitative estimate of drug-likeness (QED) is 0.599. The van der Waals surface area contributed by atoms with Crippen LogP contribution in [0.5, 0.6) is 0 Å². The summed E-state index contributed by atoms with van der Waals surface area (Å²) in [5, 5.41) is 2.95. The Kier molecular flexibility index (Phi) is 3.56. The van der Waals surface area contributed by atoms with Gasteiger partial charge in [-0.1, -0.05) is 72.9 Å². The monoisotopic (exact) mass is 322 g/mol. The van der Waals surface area contributed by atoms with E-state index in [1.807, 2.05) is 0 Å². The highest BCUT2D eigenvalue weighted by molar-refractivity contribution is 6.03. The molecular weight excluding hydrogens is 300 g/mol. The topological polar surface area (TPSA) is 0 Å². The second kappa shape index (κ2) is 6.04. The Labute approximate surface area is 149 Å². The summed E-state index contributed by atoms with van der Waals surface area (Å²) in [6.45, 7) is 0. The molecule has 122 valence electrons. The molecule has 0 unspecified atom stereocenters. The van der Waals surface area contributed by atoms with Crippen molar-refractivity contribution in [2.75, 3.05) is 0 Å². The van der Waals surface area contributed by atoms with Crippen molar-refractivity contribution in [2.45, 2.75) is 32.1 Å². The zero-order chi connectivity index (χ0) is 16.6. The van der Waals surface area contributed by atoms with Crippen LogP contribution < -0.4 is 0 Å². The van der Waals surface area contributed by atoms with Gasteiger partial charge in [-0.05, 0) is 76.3 Å². The van der Waals surface area contributed by atoms with Gasteiger partial charge in [0.1, 0.15) is 0 Å². The summed E-state index contributed by atoms with van der Waals surface area (Å²) in [6, 6.07) is 9.32. The van der Waals surface area contributed by atoms with Gasteiger partial charge in [-0.15, -0.1) is 0 Å². The summed E-state index contributed by atoms with van der Waals surface area (Å²) in [5.74, 6) is 0. The van der Waals surface area contributed by atoms with Crippen LogP contribution >= 0.6 is 0 Å². The molecule has 0 aromatic heterocycles. The lowest BCUT2D eigenvalue weighted by molar-refractivity contribution is 0.988. The minimum Gasteiger partial charge on any atom is -0.0842 e. The molecule has 0 nitrogen and oxygen atoms in total. The third-order valence-electron chi connectivity index (χ3n) is 5.63. The Morgan fingerprint density at radius 1 is 1.00 bits per heavy atom. The van der Waals surface area contributed by atoms with Gasteiger partial charge in [0, 0.05) is 0 Å². The zero-order valence-corrected chi connectivity index (χ0v) is 14.5. The lowest BCUT2D eigenvalue weighted by atomic mass is 9.80. The molecule has 3 aliphatic carbocycles. The van der Waals surface area contributed by atoms with Gasteiger partial charge in [-0.25, -0.2) is 0 Å². The molecule has 0 fully saturated rings. The fourth-order valence-corrected chi connectivity index (χ4v) is 4.36. The maximum absolute atomic E-state index is 2.42. The van der Waals surface area contributed by atoms with E-state index < -0.39 is 0 Å². The molecule has 0 atom stereocenters. The summed E-state index contributed by atoms with van der Waals surface area (Å²) < 4.78 is 0. The number of hydrogen-bond donors (Lipinski definition) is 0. The van der Waals surface area contributed by atoms with Crippen molar-refractivity contribution in [3.05, 3.63) is 94.6 Å². The zero-order valence-electron chi connectivity index (χ0n) is 14.5. The van der Waals surface area contributed by atoms with E-state index in [1.54, 1.807) is 0 Å². The molecule has 0 N–H and O–H groups in total. The van der Waals surface area contributed by atoms with Crippen LogP contribution in [0.3, 0.4) is 0 Å². The van der Waals surface area contributed by atoms with Crippen molar-refractivity contribution in [1.82, 2.24) is 0 Å². The lowest BCUT2D eigenvalue weighted by Gasteiger charge is -2.24. The molecule has 0 radical (unpaired) electrons. The van der Waals surface area contributed by atoms with E-state index in [0.29, 0.717) is 0 Å². The fraction of sp³-hybridized carbons (Fsp3) is 0.200. The maximum Gasteiger partial charge on any atom is -0.00645 e. The van der Waals surface area contributed by atoms with Gasteiger partial charge in [0.25, 0.3) is 0 Å². The highest BCUT2D eigenvalue weighted by atomic mass is 14.2. The second-order valence-electron chi connectivity index (χ2n) is 7.19. The minimum atomic E-state index is 1.01. The third-order valence-corrected chi connectivity index (χ3v) is 5.63. The summed E-state index contributed by atoms with van der Waals surface area (Å²) >= 11 is 0. The molecule has 2 aromatic carbocycles. The van der Waals surface area contributed by atoms with Crippen LogP contribution in [0.25, 0.3) is 22.4 Å². The molecule has 0 spiro atoms. The molecule has 0 aliphatic heterocycles. The summed E-state index contributed by atoms with van der Waals surface area (Å²) in [7, 11) is 0. The number of rotatable bonds is 3. The SMILES string of the molecule is C1=CCCC(/C=C/Cc2ccc3c4c5c(ccc24)C=CCC5=CC3)=C1. The van der Waals surface area contributed by atoms with Crippen molar-refractivity contribution in [3.63, 3.8) is 0 Å². The van der Waals surface area contributed by atoms with Crippen molar-refractivity contribution in [1.29, 1.82) is 0 Å². The molecule has 0 amide bonds. The number of benzene rings is 2. The first-order valence-corrected chi connectivity index (χ1v) is 9.36. The summed E-state index contributed by atoms with van der Waals surface area (Å²) in [4.78, 5) is 0. The van der Waals surface area contributed by atoms with Gasteiger partial charge in [-0.3, -0.25) is 0 Å². The van der Waals surface area contributed by atoms with Crippen LogP contribution in [0, 0.1) is 0 Å². The van der Waals surface area contributed by atoms with E-state index in [9.17, 15) is 0 Å². The first kappa shape index (κ1) is 14.7. The van der Waals surface area contributed by atoms with Crippen molar-refractivity contribution in [2.24, 2.45) is 0 Å². The molecule has 5 rings (SSSR count). The smallest absolute Gasteiger partial charge is 0.00645 e. The van der Waals surface area contributed by atoms with Crippen LogP contribution in [0.15, 0.2) is 72.4 Å². The largest absolute Gasteiger partial charge is 0.0842 e. The normalized spacial score (nSPS) is 17.9. The van der Waals surface area contributed by atoms with Crippen LogP contribution in [-0.2, 0) is 12.8 Å². The Morgan fingerprint density at radius 2 is 2.00 bits per heavy atom. The van der Waals surface area contributed by atoms with Crippen LogP contribution in [-0.4, -0.2) is 0 Å². The van der Waals surface area contributed by atoms with Gasteiger partial charge in [0.05, 0.1) is 0 Å². The predicted octanol–water partition coefficient (Wildman–Crippen LogP) is 6.57. The van der Waals surface area contributed by atoms with Gasteiger partial charge >= 0.3 is 0 Å². The molecule has 0 saturated carbocycles. The number of allylic oxidation sites excluding steroid dienone is 9. The van der Waals surface area contributed by atoms with Crippen LogP contribution in [0.2, 0.25) is 0 Å². The van der Waals surface area contributed by atoms with E-state index in [-0.39, 0.29) is 0 Å². The average molecular weight is 322 g/mol. The van der Waals surface area contributed by atoms with Crippen LogP contribution in [0.1, 0.15) is 41.5 Å². The minimum absolute atomic E-state index is 1.01. The summed E-state index contributed by atoms with van der Waals surface area (Å²) in [5.41, 5.74) is 8.77. The van der Waals surface area contributed by atoms with Crippen molar-refractivity contribution >= 4 is 22.4 Å². The van der Waals surface area contributed by atoms with E-state index in [0.717, 1.165) is 19.3 Å². The van der Waals surface area contributed by atoms with Crippen LogP contribution in [0.4, 0.5) is 0 Å². The van der Waals surface area contributed by atoms with Crippen molar-refractivity contribution < 1.29 is 0 Å². The predicted molar refractivity (Wildman–Crippen MR) is 109 cm³/mol. The maximum atomic E-state index is 2.42. The van der Waals surface area contributed by atoms with Crippen molar-refractivity contribution in [3.8, 4) is 0 Å². The van der Waals surface area contributed by atoms with E-state index in [4.69, 9.17) is 0 Å². The second-order valence-corrected chi connectivity index (χ2v) is 7.19. The molecule has 25 heavy (non-hydrogen) atoms. The Hall–Kier alpha value is -2.60. The molecule has 0 saturated heterocycles. The first-order chi connectivity index (χ1) is 12.4. The van der Waals surface area contributed by atoms with Gasteiger partial charge in [-0.2, -0.15) is 0 Å². The molecule has 0 bridgehead atoms. The van der Waals surface area contributed by atoms with E-state index in [2.05, 4.69) is 72.9 Å². The molecule has 0 heterocycles. The molecule has 3 aliphatic rings. The summed E-state index contributed by atoms with van der Waals surface area (Å²) in [6.07, 6.45) is 23.8. The molecule has 2 aromatic rings. The highest BCUT2D eigenvalue weighted by Gasteiger charge is 2.20. The Balaban J connectivity index is 1.56. The van der Waals surface area contributed by atoms with E-state index in [1.165, 1.54) is 57.0 Å². The number of hydrogen-bond acceptors (Lipinski definition) is 0. The van der Waals surface area contributed by atoms with Gasteiger partial charge in [0.2, 0.25) is 0 Å². The van der Waals surface area contributed by atoms with Gasteiger partial charge in [0.15, 0.2) is 0 Å². The van der Waals surface area contributed by atoms with Gasteiger partial charge < -0.3 is 0 Å². The molecule has 0 heteroatoms. The Bertz CT molecular complexity index is 1010. The highest BCUT2D eigenvalue weighted by Crippen LogP contribution is 2.41. The standard InChI is InChI=1S/C25H22/c1-2-6-18(7-3-1)8-4-9-19-12-13-22-15-14-20-10-5-11-21-16-17-23(19)25(22)24(20)21/h1-2,4-6,8,11-14,16-17H,3,7,9-10,15H2/b8-4+. The average Bonchev–Trinajstić information content (AvgIpc) is 2.68.